The Balaban J connectivity index is 1.76. The molecule has 16 heteroatoms. The number of hydrazine groups is 1. The van der Waals surface area contributed by atoms with E-state index in [0.29, 0.717) is 26.8 Å². The Morgan fingerprint density at radius 1 is 1.21 bits per heavy atom. The van der Waals surface area contributed by atoms with Crippen LogP contribution in [0.15, 0.2) is 65.7 Å². The number of alkyl halides is 3. The normalized spacial score (nSPS) is 13.7. The number of carbonyl (C=O) groups excluding carboxylic acids is 3. The van der Waals surface area contributed by atoms with Gasteiger partial charge in [0.25, 0.3) is 5.91 Å². The molecule has 8 N–H and O–H groups in total. The molecule has 0 saturated carbocycles. The lowest BCUT2D eigenvalue weighted by Gasteiger charge is -2.17. The Hall–Kier alpha value is -4.41. The Morgan fingerprint density at radius 3 is 2.63 bits per heavy atom. The number of carbonyl (C=O) groups is 3. The first-order valence-corrected chi connectivity index (χ1v) is 13.6. The highest BCUT2D eigenvalue weighted by atomic mass is 32.1. The highest BCUT2D eigenvalue weighted by Crippen LogP contribution is 2.31. The Labute approximate surface area is 251 Å². The molecule has 0 bridgehead atoms. The van der Waals surface area contributed by atoms with Crippen LogP contribution in [0, 0.1) is 6.92 Å². The van der Waals surface area contributed by atoms with Crippen LogP contribution < -0.4 is 32.8 Å². The lowest BCUT2D eigenvalue weighted by molar-refractivity contribution is -0.118. The second-order valence-electron chi connectivity index (χ2n) is 9.48. The van der Waals surface area contributed by atoms with Crippen molar-refractivity contribution >= 4 is 47.9 Å². The van der Waals surface area contributed by atoms with Crippen molar-refractivity contribution in [2.24, 2.45) is 11.6 Å². The second kappa shape index (κ2) is 14.7. The summed E-state index contributed by atoms with van der Waals surface area (Å²) >= 11 is 1.17. The number of amides is 3. The van der Waals surface area contributed by atoms with Crippen LogP contribution in [-0.4, -0.2) is 55.0 Å². The number of nitrogens with zero attached hydrogens (tertiary/aromatic N) is 2. The number of benzene rings is 1. The first kappa shape index (κ1) is 33.1. The molecule has 1 aliphatic carbocycles. The van der Waals surface area contributed by atoms with E-state index in [-0.39, 0.29) is 36.8 Å². The average Bonchev–Trinajstić information content (AvgIpc) is 3.28. The van der Waals surface area contributed by atoms with Gasteiger partial charge in [0.2, 0.25) is 19.8 Å². The average molecular weight is 614 g/mol. The monoisotopic (exact) mass is 614 g/mol. The Bertz CT molecular complexity index is 1500. The van der Waals surface area contributed by atoms with E-state index in [1.165, 1.54) is 47.8 Å². The predicted octanol–water partition coefficient (Wildman–Crippen LogP) is 2.26. The van der Waals surface area contributed by atoms with Gasteiger partial charge in [-0.05, 0) is 54.3 Å². The minimum Gasteiger partial charge on any atom is -0.408 e. The van der Waals surface area contributed by atoms with Crippen LogP contribution in [0.3, 0.4) is 0 Å². The van der Waals surface area contributed by atoms with Crippen molar-refractivity contribution in [3.8, 4) is 0 Å². The highest BCUT2D eigenvalue weighted by molar-refractivity contribution is 7.16. The third-order valence-electron chi connectivity index (χ3n) is 5.99. The van der Waals surface area contributed by atoms with Gasteiger partial charge in [0.15, 0.2) is 5.13 Å². The van der Waals surface area contributed by atoms with Gasteiger partial charge in [-0.2, -0.15) is 13.2 Å². The molecule has 0 unspecified atom stereocenters. The Morgan fingerprint density at radius 2 is 1.95 bits per heavy atom. The van der Waals surface area contributed by atoms with Crippen molar-refractivity contribution in [3.63, 3.8) is 0 Å². The first-order chi connectivity index (χ1) is 20.2. The van der Waals surface area contributed by atoms with E-state index < -0.39 is 30.0 Å². The molecule has 11 nitrogen and oxygen atoms in total. The number of nitrogens with one attached hydrogen (secondary N) is 4. The molecule has 0 atom stereocenters. The fraction of sp³-hybridized carbons (Fsp3) is 0.259. The molecule has 1 aromatic carbocycles. The van der Waals surface area contributed by atoms with Gasteiger partial charge in [0, 0.05) is 42.7 Å². The van der Waals surface area contributed by atoms with Crippen LogP contribution in [0.2, 0.25) is 0 Å². The van der Waals surface area contributed by atoms with Crippen molar-refractivity contribution in [2.45, 2.75) is 33.0 Å². The molecular weight excluding hydrogens is 584 g/mol. The third-order valence-corrected chi connectivity index (χ3v) is 6.96. The molecular formula is C27H30BF3N8O3S. The van der Waals surface area contributed by atoms with Gasteiger partial charge in [-0.15, -0.1) is 0 Å². The fourth-order valence-electron chi connectivity index (χ4n) is 3.84. The lowest BCUT2D eigenvalue weighted by atomic mass is 10.0. The van der Waals surface area contributed by atoms with E-state index in [1.54, 1.807) is 18.2 Å². The summed E-state index contributed by atoms with van der Waals surface area (Å²) in [4.78, 5) is 40.4. The summed E-state index contributed by atoms with van der Waals surface area (Å²) in [5, 5.41) is 11.6. The van der Waals surface area contributed by atoms with Crippen LogP contribution in [0.1, 0.15) is 39.7 Å². The van der Waals surface area contributed by atoms with Crippen LogP contribution in [0.25, 0.3) is 5.70 Å². The van der Waals surface area contributed by atoms with E-state index in [2.05, 4.69) is 20.9 Å². The molecule has 3 amide bonds. The second-order valence-corrected chi connectivity index (χ2v) is 10.5. The van der Waals surface area contributed by atoms with E-state index in [0.717, 1.165) is 11.6 Å². The van der Waals surface area contributed by atoms with E-state index >= 15 is 0 Å². The van der Waals surface area contributed by atoms with Gasteiger partial charge in [0.1, 0.15) is 0 Å². The predicted molar refractivity (Wildman–Crippen MR) is 159 cm³/mol. The Kier molecular flexibility index (Phi) is 11.3. The largest absolute Gasteiger partial charge is 0.413 e. The van der Waals surface area contributed by atoms with Crippen LogP contribution >= 0.6 is 11.3 Å². The maximum atomic E-state index is 13.6. The molecule has 43 heavy (non-hydrogen) atoms. The molecule has 2 aromatic rings. The summed E-state index contributed by atoms with van der Waals surface area (Å²) in [5.74, 6) is 4.77. The maximum absolute atomic E-state index is 13.6. The van der Waals surface area contributed by atoms with Crippen LogP contribution in [-0.2, 0) is 16.1 Å². The molecule has 0 fully saturated rings. The molecule has 226 valence electrons. The zero-order valence-corrected chi connectivity index (χ0v) is 24.2. The quantitative estimate of drug-likeness (QED) is 0.127. The molecule has 1 heterocycles. The summed E-state index contributed by atoms with van der Waals surface area (Å²) in [6, 6.07) is 4.84. The van der Waals surface area contributed by atoms with Crippen molar-refractivity contribution in [2.75, 3.05) is 18.4 Å². The standard InChI is InChI=1S/C27H30BF3N8O3S/c1-15-3-5-18(8-19(15)13-39(33)14-22(32)23-11-35-26(43-23)36-16(2)40)25(42)37-21-7-17(10-34-12-24(41)38-28)4-6-20(9-21)27(29,30)31/h3-5,7-9,11,14,34H,6,10,12-13,32-33H2,1-2H3,(H,37,42)(H,38,41)(H,35,36,40)/b22-14-. The van der Waals surface area contributed by atoms with E-state index in [4.69, 9.17) is 19.6 Å². The van der Waals surface area contributed by atoms with Gasteiger partial charge in [-0.1, -0.05) is 23.5 Å². The topological polar surface area (TPSA) is 167 Å². The maximum Gasteiger partial charge on any atom is 0.413 e. The van der Waals surface area contributed by atoms with E-state index in [1.807, 2.05) is 12.2 Å². The molecule has 3 rings (SSSR count). The van der Waals surface area contributed by atoms with Crippen LogP contribution in [0.5, 0.6) is 0 Å². The number of aryl methyl sites for hydroxylation is 1. The minimum absolute atomic E-state index is 0.0624. The van der Waals surface area contributed by atoms with Gasteiger partial charge < -0.3 is 31.9 Å². The molecule has 0 spiro atoms. The number of halogens is 3. The van der Waals surface area contributed by atoms with Crippen molar-refractivity contribution < 1.29 is 27.6 Å². The summed E-state index contributed by atoms with van der Waals surface area (Å²) < 4.78 is 40.8. The van der Waals surface area contributed by atoms with Gasteiger partial charge >= 0.3 is 6.18 Å². The van der Waals surface area contributed by atoms with Gasteiger partial charge in [-0.25, -0.2) is 10.8 Å². The first-order valence-electron chi connectivity index (χ1n) is 12.8. The molecule has 0 saturated heterocycles. The molecule has 1 aromatic heterocycles. The molecule has 0 aliphatic heterocycles. The number of aromatic nitrogens is 1. The zero-order chi connectivity index (χ0) is 31.7. The molecule has 1 aliphatic rings. The van der Waals surface area contributed by atoms with Crippen molar-refractivity contribution in [1.82, 2.24) is 25.9 Å². The number of rotatable bonds is 11. The highest BCUT2D eigenvalue weighted by Gasteiger charge is 2.33. The fourth-order valence-corrected chi connectivity index (χ4v) is 4.62. The summed E-state index contributed by atoms with van der Waals surface area (Å²) in [6.45, 7) is 3.27. The number of hydrogen-bond acceptors (Lipinski definition) is 9. The number of nitrogens with two attached hydrogens (primary N) is 2. The van der Waals surface area contributed by atoms with Crippen LogP contribution in [0.4, 0.5) is 18.3 Å². The number of anilines is 1. The van der Waals surface area contributed by atoms with Gasteiger partial charge in [-0.3, -0.25) is 14.4 Å². The number of thiazole rings is 1. The number of hydrogen-bond donors (Lipinski definition) is 6. The SMILES string of the molecule is [B]NC(=O)CNCC1=CCC(C(F)(F)F)=CC(NC(=O)c2ccc(C)c(CN(N)/C=C(\N)c3cnc(NC(C)=O)s3)c2)=C1. The molecule has 2 radical (unpaired) electrons. The van der Waals surface area contributed by atoms with Crippen molar-refractivity contribution in [3.05, 3.63) is 87.2 Å². The number of allylic oxidation sites excluding steroid dienone is 3. The smallest absolute Gasteiger partial charge is 0.408 e. The summed E-state index contributed by atoms with van der Waals surface area (Å²) in [6.07, 6.45) is 1.63. The van der Waals surface area contributed by atoms with Gasteiger partial charge in [0.05, 0.1) is 23.7 Å². The zero-order valence-electron chi connectivity index (χ0n) is 23.3. The summed E-state index contributed by atoms with van der Waals surface area (Å²) in [5.41, 5.74) is 7.66. The third kappa shape index (κ3) is 10.1. The van der Waals surface area contributed by atoms with Crippen molar-refractivity contribution in [1.29, 1.82) is 0 Å². The lowest BCUT2D eigenvalue weighted by Crippen LogP contribution is -2.33. The van der Waals surface area contributed by atoms with E-state index in [9.17, 15) is 27.6 Å². The minimum atomic E-state index is -4.61. The summed E-state index contributed by atoms with van der Waals surface area (Å²) in [7, 11) is 5.04.